The van der Waals surface area contributed by atoms with E-state index in [0.29, 0.717) is 17.6 Å². The second-order valence-electron chi connectivity index (χ2n) is 15.6. The van der Waals surface area contributed by atoms with Crippen molar-refractivity contribution in [2.24, 2.45) is 0 Å². The van der Waals surface area contributed by atoms with Gasteiger partial charge in [0.15, 0.2) is 11.6 Å². The Morgan fingerprint density at radius 2 is 0.803 bits per heavy atom. The molecule has 0 spiro atoms. The number of aromatic nitrogens is 3. The van der Waals surface area contributed by atoms with Crippen LogP contribution in [0.3, 0.4) is 0 Å². The average molecular weight is 888 g/mol. The molecule has 3 heterocycles. The van der Waals surface area contributed by atoms with E-state index in [2.05, 4.69) is 190 Å². The van der Waals surface area contributed by atoms with E-state index in [9.17, 15) is 0 Å². The van der Waals surface area contributed by atoms with Gasteiger partial charge in [0.25, 0.3) is 0 Å². The van der Waals surface area contributed by atoms with Crippen LogP contribution in [-0.2, 0) is 0 Å². The Labute approximate surface area is 388 Å². The zero-order valence-corrected chi connectivity index (χ0v) is 37.7. The van der Waals surface area contributed by atoms with Crippen molar-refractivity contribution in [2.45, 2.75) is 0 Å². The zero-order valence-electron chi connectivity index (χ0n) is 36.0. The number of hydrogen-bond donors (Lipinski definition) is 0. The van der Waals surface area contributed by atoms with E-state index in [4.69, 9.17) is 15.0 Å². The monoisotopic (exact) mass is 887 g/mol. The number of anilines is 8. The minimum atomic E-state index is -1.40. The van der Waals surface area contributed by atoms with Crippen molar-refractivity contribution in [1.82, 2.24) is 15.0 Å². The van der Waals surface area contributed by atoms with Gasteiger partial charge in [0.05, 0.1) is 22.7 Å². The van der Waals surface area contributed by atoms with Crippen molar-refractivity contribution in [2.75, 3.05) is 18.7 Å². The van der Waals surface area contributed by atoms with Gasteiger partial charge in [-0.25, -0.2) is 4.98 Å². The molecule has 11 rings (SSSR count). The van der Waals surface area contributed by atoms with Crippen molar-refractivity contribution in [3.8, 4) is 33.9 Å². The third-order valence-electron chi connectivity index (χ3n) is 11.5. The first-order valence-corrected chi connectivity index (χ1v) is 24.3. The molecule has 8 aromatic carbocycles. The molecule has 2 atom stereocenters. The summed E-state index contributed by atoms with van der Waals surface area (Å²) in [4.78, 5) is 15.7. The summed E-state index contributed by atoms with van der Waals surface area (Å²) in [7, 11) is -2.45. The molecule has 1 aromatic heterocycles. The topological polar surface area (TPSA) is 51.6 Å². The maximum atomic E-state index is 5.33. The van der Waals surface area contributed by atoms with Gasteiger partial charge in [-0.15, -0.1) is 0 Å². The van der Waals surface area contributed by atoms with Crippen molar-refractivity contribution < 1.29 is 0 Å². The Bertz CT molecular complexity index is 3150. The van der Waals surface area contributed by atoms with E-state index in [-0.39, 0.29) is 0 Å². The second-order valence-corrected chi connectivity index (χ2v) is 19.4. The van der Waals surface area contributed by atoms with Crippen LogP contribution >= 0.6 is 16.4 Å². The minimum absolute atomic E-state index is 0.540. The van der Waals surface area contributed by atoms with Gasteiger partial charge < -0.3 is 0 Å². The predicted octanol–water partition coefficient (Wildman–Crippen LogP) is 15.7. The third kappa shape index (κ3) is 7.44. The lowest BCUT2D eigenvalue weighted by Gasteiger charge is -2.32. The molecule has 0 amide bonds. The van der Waals surface area contributed by atoms with Crippen LogP contribution in [0.2, 0.25) is 0 Å². The first-order valence-electron chi connectivity index (χ1n) is 21.8. The van der Waals surface area contributed by atoms with Gasteiger partial charge in [0.1, 0.15) is 16.4 Å². The molecule has 0 N–H and O–H groups in total. The molecule has 9 heteroatoms. The Morgan fingerprint density at radius 3 is 1.27 bits per heavy atom. The molecule has 0 saturated carbocycles. The van der Waals surface area contributed by atoms with Gasteiger partial charge in [-0.3, -0.25) is 18.7 Å². The Kier molecular flexibility index (Phi) is 11.1. The highest BCUT2D eigenvalue weighted by atomic mass is 31.1. The number of fused-ring (bicyclic) bond motifs is 2. The van der Waals surface area contributed by atoms with E-state index in [0.717, 1.165) is 67.4 Å². The van der Waals surface area contributed by atoms with E-state index < -0.39 is 16.4 Å². The molecule has 0 saturated heterocycles. The maximum Gasteiger partial charge on any atom is 0.239 e. The highest BCUT2D eigenvalue weighted by Gasteiger charge is 2.43. The van der Waals surface area contributed by atoms with Crippen molar-refractivity contribution >= 4 is 67.5 Å². The number of hydrogen-bond acceptors (Lipinski definition) is 7. The number of para-hydroxylation sites is 3. The molecule has 2 aliphatic rings. The van der Waals surface area contributed by atoms with Gasteiger partial charge in [0, 0.05) is 38.8 Å². The minimum Gasteiger partial charge on any atom is -0.297 e. The maximum absolute atomic E-state index is 5.33. The lowest BCUT2D eigenvalue weighted by Crippen LogP contribution is -2.21. The lowest BCUT2D eigenvalue weighted by molar-refractivity contribution is 1.05. The Hall–Kier alpha value is -7.95. The standard InChI is InChI=1S/C57H43N7P2/c1-3-23-49(4-2)65-61(46-28-15-7-16-29-46)52-39-37-45(41-54(52)64(65)57-59-55(42-24-11-5-12-25-42)58-56(60-57)43-26-13-6-14-27-43)44-36-38-51-53(40-44)63(48-32-19-9-20-33-48)66(50-34-21-10-22-35-50)62(51)47-30-17-8-18-31-47/h3-41H,1-2H2/b49-23+. The number of nitrogens with zero attached hydrogens (tertiary/aromatic N) is 7. The molecular formula is C57H43N7P2. The molecule has 66 heavy (non-hydrogen) atoms. The summed E-state index contributed by atoms with van der Waals surface area (Å²) in [6.45, 7) is 8.48. The summed E-state index contributed by atoms with van der Waals surface area (Å²) in [6, 6.07) is 76.9. The van der Waals surface area contributed by atoms with E-state index in [1.54, 1.807) is 0 Å². The fourth-order valence-corrected chi connectivity index (χ4v) is 13.5. The average Bonchev–Trinajstić information content (AvgIpc) is 3.92. The summed E-state index contributed by atoms with van der Waals surface area (Å²) < 4.78 is 9.76. The third-order valence-corrected chi connectivity index (χ3v) is 16.4. The number of allylic oxidation sites excluding steroid dienone is 4. The summed E-state index contributed by atoms with van der Waals surface area (Å²) >= 11 is 0. The van der Waals surface area contributed by atoms with E-state index >= 15 is 0 Å². The smallest absolute Gasteiger partial charge is 0.239 e. The molecule has 316 valence electrons. The quantitative estimate of drug-likeness (QED) is 0.0947. The Balaban J connectivity index is 1.13. The largest absolute Gasteiger partial charge is 0.297 e. The molecule has 9 aromatic rings. The Morgan fingerprint density at radius 1 is 0.394 bits per heavy atom. The predicted molar refractivity (Wildman–Crippen MR) is 279 cm³/mol. The van der Waals surface area contributed by atoms with E-state index in [1.807, 2.05) is 78.9 Å². The molecule has 0 bridgehead atoms. The molecular weight excluding hydrogens is 845 g/mol. The lowest BCUT2D eigenvalue weighted by atomic mass is 10.0. The van der Waals surface area contributed by atoms with Crippen LogP contribution in [0.25, 0.3) is 33.9 Å². The van der Waals surface area contributed by atoms with Gasteiger partial charge in [-0.05, 0) is 71.8 Å². The van der Waals surface area contributed by atoms with Crippen LogP contribution in [-0.4, -0.2) is 15.0 Å². The van der Waals surface area contributed by atoms with Crippen molar-refractivity contribution in [3.63, 3.8) is 0 Å². The van der Waals surface area contributed by atoms with Crippen LogP contribution in [0.4, 0.5) is 45.8 Å². The first-order chi connectivity index (χ1) is 32.7. The fourth-order valence-electron chi connectivity index (χ4n) is 8.59. The highest BCUT2D eigenvalue weighted by molar-refractivity contribution is 7.70. The van der Waals surface area contributed by atoms with Gasteiger partial charge >= 0.3 is 0 Å². The highest BCUT2D eigenvalue weighted by Crippen LogP contribution is 2.70. The van der Waals surface area contributed by atoms with Gasteiger partial charge in [-0.1, -0.05) is 189 Å². The number of benzene rings is 8. The molecule has 0 radical (unpaired) electrons. The van der Waals surface area contributed by atoms with Crippen LogP contribution in [0.15, 0.2) is 255 Å². The molecule has 0 aliphatic carbocycles. The SMILES string of the molecule is C=C/C=C(\C=C)P1N(c2ccccc2)c2ccc(-c3ccc4c(c3)N(c3ccccc3)P(c3ccccc3)N4c3ccccc3)cc2N1c1nc(-c2ccccc2)nc(-c2ccccc2)n1. The van der Waals surface area contributed by atoms with Gasteiger partial charge in [0.2, 0.25) is 5.95 Å². The molecule has 2 aliphatic heterocycles. The second kappa shape index (κ2) is 17.9. The number of rotatable bonds is 11. The first kappa shape index (κ1) is 40.8. The molecule has 7 nitrogen and oxygen atoms in total. The van der Waals surface area contributed by atoms with Crippen LogP contribution in [0, 0.1) is 0 Å². The fraction of sp³-hybridized carbons (Fsp3) is 0. The normalized spacial score (nSPS) is 15.4. The zero-order chi connectivity index (χ0) is 44.4. The van der Waals surface area contributed by atoms with Crippen LogP contribution in [0.1, 0.15) is 0 Å². The molecule has 2 unspecified atom stereocenters. The van der Waals surface area contributed by atoms with Gasteiger partial charge in [-0.2, -0.15) is 9.97 Å². The van der Waals surface area contributed by atoms with Crippen molar-refractivity contribution in [3.05, 3.63) is 255 Å². The van der Waals surface area contributed by atoms with Crippen LogP contribution < -0.4 is 24.0 Å². The van der Waals surface area contributed by atoms with Crippen LogP contribution in [0.5, 0.6) is 0 Å². The van der Waals surface area contributed by atoms with E-state index in [1.165, 1.54) is 5.30 Å². The molecule has 0 fully saturated rings. The summed E-state index contributed by atoms with van der Waals surface area (Å²) in [5, 5.41) is 2.25. The summed E-state index contributed by atoms with van der Waals surface area (Å²) in [5.41, 5.74) is 11.6. The summed E-state index contributed by atoms with van der Waals surface area (Å²) in [6.07, 6.45) is 5.82. The summed E-state index contributed by atoms with van der Waals surface area (Å²) in [5.74, 6) is 1.73. The van der Waals surface area contributed by atoms with Crippen molar-refractivity contribution in [1.29, 1.82) is 0 Å².